The Morgan fingerprint density at radius 3 is 2.21 bits per heavy atom. The van der Waals surface area contributed by atoms with Crippen LogP contribution in [-0.2, 0) is 25.4 Å². The van der Waals surface area contributed by atoms with Crippen molar-refractivity contribution >= 4 is 12.1 Å². The van der Waals surface area contributed by atoms with Crippen LogP contribution in [0.2, 0.25) is 0 Å². The number of amides is 1. The molecule has 13 atom stereocenters. The summed E-state index contributed by atoms with van der Waals surface area (Å²) in [4.78, 5) is 27.7. The summed E-state index contributed by atoms with van der Waals surface area (Å²) < 4.78 is 19.1. The second-order valence-electron chi connectivity index (χ2n) is 21.2. The van der Waals surface area contributed by atoms with Gasteiger partial charge in [-0.05, 0) is 138 Å². The van der Waals surface area contributed by atoms with Crippen molar-refractivity contribution in [3.8, 4) is 0 Å². The van der Waals surface area contributed by atoms with E-state index in [1.807, 2.05) is 44.2 Å². The number of alkyl carbamates (subject to hydrolysis) is 1. The van der Waals surface area contributed by atoms with E-state index in [0.29, 0.717) is 12.8 Å². The lowest BCUT2D eigenvalue weighted by atomic mass is 9.41. The topological polar surface area (TPSA) is 135 Å². The molecule has 9 nitrogen and oxygen atoms in total. The van der Waals surface area contributed by atoms with Gasteiger partial charge in [-0.15, -0.1) is 0 Å². The quantitative estimate of drug-likeness (QED) is 0.218. The third kappa shape index (κ3) is 5.99. The van der Waals surface area contributed by atoms with Crippen molar-refractivity contribution in [3.05, 3.63) is 35.9 Å². The maximum atomic E-state index is 14.5. The van der Waals surface area contributed by atoms with Gasteiger partial charge in [0.2, 0.25) is 0 Å². The third-order valence-corrected chi connectivity index (χ3v) is 16.3. The summed E-state index contributed by atoms with van der Waals surface area (Å²) in [5.41, 5.74) is -2.38. The van der Waals surface area contributed by atoms with Crippen LogP contribution < -0.4 is 5.32 Å². The van der Waals surface area contributed by atoms with E-state index in [2.05, 4.69) is 39.9 Å². The van der Waals surface area contributed by atoms with Gasteiger partial charge in [0.1, 0.15) is 17.7 Å². The summed E-state index contributed by atoms with van der Waals surface area (Å²) in [5.74, 6) is -0.441. The fourth-order valence-corrected chi connectivity index (χ4v) is 13.9. The molecule has 0 aromatic heterocycles. The Morgan fingerprint density at radius 2 is 1.58 bits per heavy atom. The summed E-state index contributed by atoms with van der Waals surface area (Å²) in [6, 6.07) is 8.68. The van der Waals surface area contributed by atoms with Gasteiger partial charge in [0.25, 0.3) is 0 Å². The van der Waals surface area contributed by atoms with Crippen LogP contribution in [0, 0.1) is 44.8 Å². The smallest absolute Gasteiger partial charge is 0.408 e. The molecular formula is C44H67NO8. The van der Waals surface area contributed by atoms with Gasteiger partial charge < -0.3 is 34.8 Å². The van der Waals surface area contributed by atoms with Gasteiger partial charge in [0, 0.05) is 18.3 Å². The van der Waals surface area contributed by atoms with Crippen LogP contribution >= 0.6 is 0 Å². The number of rotatable bonds is 7. The molecule has 1 heterocycles. The van der Waals surface area contributed by atoms with Crippen LogP contribution in [0.15, 0.2) is 30.3 Å². The van der Waals surface area contributed by atoms with Gasteiger partial charge in [0.05, 0.1) is 29.5 Å². The van der Waals surface area contributed by atoms with E-state index in [4.69, 9.17) is 14.2 Å². The standard InChI is InChI=1S/C44H67NO8/c1-37(2,3)53-36(49)45-27(22-26-14-12-11-13-15-26)35(48)51-29-23-30-41(9)24-28(46)33(42(10)18-17-32(52-42)39(6,7)50)40(41,8)20-21-43(30)25-44(43)19-16-31(47)38(4,5)34(29)44/h11-15,27-34,46-47,50H,16-25H2,1-10H3,(H,45,49)/t27?,28-,29-,30?,31-,32-,33-,34-,40+,41-,42+,43-,44+/m0/s1. The fraction of sp³-hybridized carbons (Fsp3) is 0.818. The molecule has 5 saturated carbocycles. The maximum Gasteiger partial charge on any atom is 0.408 e. The number of hydrogen-bond acceptors (Lipinski definition) is 8. The molecule has 0 radical (unpaired) electrons. The van der Waals surface area contributed by atoms with E-state index in [1.165, 1.54) is 0 Å². The zero-order valence-electron chi connectivity index (χ0n) is 34.0. The van der Waals surface area contributed by atoms with Crippen LogP contribution in [0.1, 0.15) is 133 Å². The predicted octanol–water partition coefficient (Wildman–Crippen LogP) is 7.12. The molecular weight excluding hydrogens is 670 g/mol. The van der Waals surface area contributed by atoms with E-state index in [-0.39, 0.29) is 51.9 Å². The van der Waals surface area contributed by atoms with Crippen molar-refractivity contribution in [2.75, 3.05) is 0 Å². The fourth-order valence-electron chi connectivity index (χ4n) is 13.9. The van der Waals surface area contributed by atoms with E-state index in [1.54, 1.807) is 20.8 Å². The number of benzene rings is 1. The largest absolute Gasteiger partial charge is 0.460 e. The highest BCUT2D eigenvalue weighted by molar-refractivity contribution is 5.82. The minimum Gasteiger partial charge on any atom is -0.460 e. The molecule has 1 amide bonds. The van der Waals surface area contributed by atoms with Gasteiger partial charge in [-0.3, -0.25) is 0 Å². The summed E-state index contributed by atoms with van der Waals surface area (Å²) in [6.45, 7) is 20.2. The lowest BCUT2D eigenvalue weighted by Gasteiger charge is -2.64. The first-order valence-corrected chi connectivity index (χ1v) is 20.4. The molecule has 1 aromatic rings. The predicted molar refractivity (Wildman–Crippen MR) is 202 cm³/mol. The Hall–Kier alpha value is -2.20. The summed E-state index contributed by atoms with van der Waals surface area (Å²) >= 11 is 0. The Bertz CT molecular complexity index is 1580. The number of hydrogen-bond donors (Lipinski definition) is 4. The van der Waals surface area contributed by atoms with E-state index in [0.717, 1.165) is 50.5 Å². The highest BCUT2D eigenvalue weighted by Crippen LogP contribution is 2.89. The SMILES string of the molecule is CC(C)(C)OC(=O)NC(Cc1ccccc1)C(=O)O[C@H]1CC2[C@]3(CC[C@]4(C)[C@@H]([C@@]5(C)CC[C@@H](C(C)(C)O)O5)[C@@H](O)C[C@@]24C)C[C@@]32CC[C@H](O)C(C)(C)[C@H]12. The molecule has 1 saturated heterocycles. The van der Waals surface area contributed by atoms with E-state index in [9.17, 15) is 24.9 Å². The number of carbonyl (C=O) groups excluding carboxylic acids is 2. The Labute approximate surface area is 317 Å². The lowest BCUT2D eigenvalue weighted by Crippen LogP contribution is -2.63. The highest BCUT2D eigenvalue weighted by atomic mass is 16.6. The number of carbonyl (C=O) groups is 2. The van der Waals surface area contributed by atoms with Gasteiger partial charge in [-0.1, -0.05) is 58.0 Å². The van der Waals surface area contributed by atoms with Crippen LogP contribution in [0.5, 0.6) is 0 Å². The van der Waals surface area contributed by atoms with Crippen molar-refractivity contribution in [2.45, 2.75) is 181 Å². The maximum absolute atomic E-state index is 14.5. The molecule has 0 bridgehead atoms. The summed E-state index contributed by atoms with van der Waals surface area (Å²) in [6.07, 6.45) is 5.28. The lowest BCUT2D eigenvalue weighted by molar-refractivity contribution is -0.221. The molecule has 6 aliphatic rings. The first-order valence-electron chi connectivity index (χ1n) is 20.4. The second-order valence-corrected chi connectivity index (χ2v) is 21.2. The van der Waals surface area contributed by atoms with E-state index >= 15 is 0 Å². The number of nitrogens with one attached hydrogen (secondary N) is 1. The third-order valence-electron chi connectivity index (χ3n) is 16.3. The molecule has 1 aromatic carbocycles. The zero-order chi connectivity index (χ0) is 38.8. The number of esters is 1. The zero-order valence-corrected chi connectivity index (χ0v) is 34.0. The van der Waals surface area contributed by atoms with Gasteiger partial charge in [-0.2, -0.15) is 0 Å². The Balaban J connectivity index is 1.23. The molecule has 296 valence electrons. The minimum atomic E-state index is -0.965. The number of ether oxygens (including phenoxy) is 3. The Morgan fingerprint density at radius 1 is 0.906 bits per heavy atom. The number of aliphatic hydroxyl groups is 3. The molecule has 9 heteroatoms. The Kier molecular flexibility index (Phi) is 9.14. The van der Waals surface area contributed by atoms with Gasteiger partial charge in [-0.25, -0.2) is 9.59 Å². The molecule has 1 aliphatic heterocycles. The van der Waals surface area contributed by atoms with E-state index < -0.39 is 58.6 Å². The van der Waals surface area contributed by atoms with Gasteiger partial charge in [0.15, 0.2) is 0 Å². The monoisotopic (exact) mass is 737 g/mol. The average molecular weight is 738 g/mol. The van der Waals surface area contributed by atoms with Crippen molar-refractivity contribution in [3.63, 3.8) is 0 Å². The van der Waals surface area contributed by atoms with Crippen molar-refractivity contribution < 1.29 is 39.1 Å². The second kappa shape index (κ2) is 12.4. The normalized spacial score (nSPS) is 44.8. The molecule has 53 heavy (non-hydrogen) atoms. The van der Waals surface area contributed by atoms with Gasteiger partial charge >= 0.3 is 12.1 Å². The molecule has 5 aliphatic carbocycles. The van der Waals surface area contributed by atoms with Crippen LogP contribution in [0.25, 0.3) is 0 Å². The average Bonchev–Trinajstić information content (AvgIpc) is 3.40. The summed E-state index contributed by atoms with van der Waals surface area (Å²) in [5, 5.41) is 37.5. The van der Waals surface area contributed by atoms with Crippen LogP contribution in [-0.4, -0.2) is 74.6 Å². The van der Waals surface area contributed by atoms with Crippen molar-refractivity contribution in [1.82, 2.24) is 5.32 Å². The molecule has 4 N–H and O–H groups in total. The molecule has 2 spiro atoms. The first kappa shape index (κ1) is 39.1. The summed E-state index contributed by atoms with van der Waals surface area (Å²) in [7, 11) is 0. The molecule has 7 rings (SSSR count). The molecule has 6 fully saturated rings. The highest BCUT2D eigenvalue weighted by Gasteiger charge is 2.85. The molecule has 2 unspecified atom stereocenters. The first-order chi connectivity index (χ1) is 24.4. The number of aliphatic hydroxyl groups excluding tert-OH is 2. The van der Waals surface area contributed by atoms with Crippen molar-refractivity contribution in [1.29, 1.82) is 0 Å². The number of fused-ring (bicyclic) bond motifs is 2. The van der Waals surface area contributed by atoms with Crippen LogP contribution in [0.4, 0.5) is 4.79 Å². The minimum absolute atomic E-state index is 0.0452. The van der Waals surface area contributed by atoms with Crippen LogP contribution in [0.3, 0.4) is 0 Å². The van der Waals surface area contributed by atoms with Crippen molar-refractivity contribution in [2.24, 2.45) is 44.8 Å².